The summed E-state index contributed by atoms with van der Waals surface area (Å²) < 4.78 is 19.2. The van der Waals surface area contributed by atoms with Gasteiger partial charge in [0.2, 0.25) is 0 Å². The van der Waals surface area contributed by atoms with E-state index in [1.807, 2.05) is 0 Å². The van der Waals surface area contributed by atoms with Gasteiger partial charge in [0.15, 0.2) is 11.6 Å². The van der Waals surface area contributed by atoms with Crippen molar-refractivity contribution in [3.8, 4) is 0 Å². The number of pyridine rings is 1. The molecule has 1 aliphatic heterocycles. The van der Waals surface area contributed by atoms with Crippen LogP contribution in [0.2, 0.25) is 0 Å². The molecule has 0 saturated carbocycles. The van der Waals surface area contributed by atoms with E-state index in [-0.39, 0.29) is 30.6 Å². The lowest BCUT2D eigenvalue weighted by atomic mass is 10.2. The van der Waals surface area contributed by atoms with Crippen molar-refractivity contribution in [1.29, 1.82) is 0 Å². The monoisotopic (exact) mass is 242 g/mol. The number of hydrogen-bond acceptors (Lipinski definition) is 5. The molecule has 5 nitrogen and oxygen atoms in total. The minimum Gasteiger partial charge on any atom is -0.394 e. The number of aliphatic hydroxyl groups excluding tert-OH is 2. The van der Waals surface area contributed by atoms with Crippen molar-refractivity contribution in [2.75, 3.05) is 31.3 Å². The standard InChI is InChI=1S/C11H15FN2O3/c12-10-8(5-15)1-2-13-11(10)14-3-4-17-7-9(14)6-16/h1-2,9,15-16H,3-7H2. The maximum Gasteiger partial charge on any atom is 0.171 e. The second kappa shape index (κ2) is 5.39. The molecule has 1 unspecified atom stereocenters. The minimum atomic E-state index is -0.532. The Bertz CT molecular complexity index is 389. The van der Waals surface area contributed by atoms with Crippen LogP contribution in [0.15, 0.2) is 12.3 Å². The van der Waals surface area contributed by atoms with Gasteiger partial charge in [-0.1, -0.05) is 0 Å². The Morgan fingerprint density at radius 2 is 2.35 bits per heavy atom. The summed E-state index contributed by atoms with van der Waals surface area (Å²) in [7, 11) is 0. The summed E-state index contributed by atoms with van der Waals surface area (Å²) >= 11 is 0. The number of nitrogens with zero attached hydrogens (tertiary/aromatic N) is 2. The smallest absolute Gasteiger partial charge is 0.171 e. The third-order valence-electron chi connectivity index (χ3n) is 2.83. The first-order valence-corrected chi connectivity index (χ1v) is 5.47. The van der Waals surface area contributed by atoms with Gasteiger partial charge in [0.25, 0.3) is 0 Å². The quantitative estimate of drug-likeness (QED) is 0.775. The van der Waals surface area contributed by atoms with E-state index in [0.717, 1.165) is 0 Å². The molecular formula is C11H15FN2O3. The highest BCUT2D eigenvalue weighted by Gasteiger charge is 2.26. The molecule has 1 aliphatic rings. The third kappa shape index (κ3) is 2.38. The molecule has 6 heteroatoms. The number of rotatable bonds is 3. The van der Waals surface area contributed by atoms with Crippen molar-refractivity contribution in [2.45, 2.75) is 12.6 Å². The van der Waals surface area contributed by atoms with Crippen LogP contribution in [0.25, 0.3) is 0 Å². The van der Waals surface area contributed by atoms with E-state index in [9.17, 15) is 9.50 Å². The number of halogens is 1. The maximum absolute atomic E-state index is 14.0. The Labute approximate surface area is 98.5 Å². The second-order valence-electron chi connectivity index (χ2n) is 3.87. The zero-order valence-corrected chi connectivity index (χ0v) is 9.34. The summed E-state index contributed by atoms with van der Waals surface area (Å²) in [6, 6.07) is 1.15. The van der Waals surface area contributed by atoms with Gasteiger partial charge in [-0.25, -0.2) is 9.37 Å². The average Bonchev–Trinajstić information content (AvgIpc) is 2.39. The summed E-state index contributed by atoms with van der Waals surface area (Å²) in [5.74, 6) is -0.366. The summed E-state index contributed by atoms with van der Waals surface area (Å²) in [6.07, 6.45) is 1.45. The lowest BCUT2D eigenvalue weighted by Gasteiger charge is -2.35. The molecule has 17 heavy (non-hydrogen) atoms. The highest BCUT2D eigenvalue weighted by molar-refractivity contribution is 5.44. The number of aliphatic hydroxyl groups is 2. The Balaban J connectivity index is 2.31. The van der Waals surface area contributed by atoms with Crippen LogP contribution in [-0.2, 0) is 11.3 Å². The Kier molecular flexibility index (Phi) is 3.88. The molecule has 1 atom stereocenters. The van der Waals surface area contributed by atoms with E-state index < -0.39 is 5.82 Å². The van der Waals surface area contributed by atoms with E-state index in [4.69, 9.17) is 9.84 Å². The van der Waals surface area contributed by atoms with E-state index in [1.54, 1.807) is 4.90 Å². The normalized spacial score (nSPS) is 20.6. The minimum absolute atomic E-state index is 0.121. The van der Waals surface area contributed by atoms with Crippen LogP contribution in [0.3, 0.4) is 0 Å². The third-order valence-corrected chi connectivity index (χ3v) is 2.83. The van der Waals surface area contributed by atoms with Gasteiger partial charge in [0.1, 0.15) is 0 Å². The zero-order chi connectivity index (χ0) is 12.3. The topological polar surface area (TPSA) is 65.8 Å². The van der Waals surface area contributed by atoms with Gasteiger partial charge in [-0.05, 0) is 6.07 Å². The average molecular weight is 242 g/mol. The SMILES string of the molecule is OCc1ccnc(N2CCOCC2CO)c1F. The van der Waals surface area contributed by atoms with Crippen LogP contribution >= 0.6 is 0 Å². The lowest BCUT2D eigenvalue weighted by molar-refractivity contribution is 0.0718. The molecule has 1 aromatic rings. The second-order valence-corrected chi connectivity index (χ2v) is 3.87. The molecule has 2 heterocycles. The first-order valence-electron chi connectivity index (χ1n) is 5.47. The number of morpholine rings is 1. The predicted molar refractivity (Wildman–Crippen MR) is 59.2 cm³/mol. The molecule has 0 aromatic carbocycles. The van der Waals surface area contributed by atoms with Crippen molar-refractivity contribution in [3.05, 3.63) is 23.6 Å². The van der Waals surface area contributed by atoms with Crippen molar-refractivity contribution in [1.82, 2.24) is 4.98 Å². The van der Waals surface area contributed by atoms with Crippen LogP contribution < -0.4 is 4.90 Å². The molecule has 0 bridgehead atoms. The molecule has 1 fully saturated rings. The van der Waals surface area contributed by atoms with E-state index in [1.165, 1.54) is 12.3 Å². The number of ether oxygens (including phenoxy) is 1. The number of anilines is 1. The molecule has 0 spiro atoms. The van der Waals surface area contributed by atoms with E-state index in [2.05, 4.69) is 4.98 Å². The Morgan fingerprint density at radius 1 is 1.53 bits per heavy atom. The van der Waals surface area contributed by atoms with E-state index in [0.29, 0.717) is 19.8 Å². The van der Waals surface area contributed by atoms with Crippen molar-refractivity contribution >= 4 is 5.82 Å². The molecule has 1 saturated heterocycles. The predicted octanol–water partition coefficient (Wildman–Crippen LogP) is -0.0895. The van der Waals surface area contributed by atoms with Crippen molar-refractivity contribution < 1.29 is 19.3 Å². The Morgan fingerprint density at radius 3 is 3.06 bits per heavy atom. The summed E-state index contributed by atoms with van der Waals surface area (Å²) in [5.41, 5.74) is 0.207. The Hall–Kier alpha value is -1.24. The first kappa shape index (κ1) is 12.2. The fourth-order valence-electron chi connectivity index (χ4n) is 1.88. The largest absolute Gasteiger partial charge is 0.394 e. The van der Waals surface area contributed by atoms with Gasteiger partial charge >= 0.3 is 0 Å². The van der Waals surface area contributed by atoms with Gasteiger partial charge in [0, 0.05) is 18.3 Å². The molecule has 0 radical (unpaired) electrons. The molecule has 0 amide bonds. The number of aromatic nitrogens is 1. The van der Waals surface area contributed by atoms with Crippen LogP contribution in [0, 0.1) is 5.82 Å². The highest BCUT2D eigenvalue weighted by Crippen LogP contribution is 2.23. The lowest BCUT2D eigenvalue weighted by Crippen LogP contribution is -2.48. The van der Waals surface area contributed by atoms with Gasteiger partial charge in [-0.15, -0.1) is 0 Å². The first-order chi connectivity index (χ1) is 8.27. The highest BCUT2D eigenvalue weighted by atomic mass is 19.1. The van der Waals surface area contributed by atoms with Crippen molar-refractivity contribution in [3.63, 3.8) is 0 Å². The maximum atomic E-state index is 14.0. The molecule has 2 N–H and O–H groups in total. The molecule has 1 aromatic heterocycles. The zero-order valence-electron chi connectivity index (χ0n) is 9.34. The molecule has 2 rings (SSSR count). The van der Waals surface area contributed by atoms with Crippen LogP contribution in [0.4, 0.5) is 10.2 Å². The summed E-state index contributed by atoms with van der Waals surface area (Å²) in [6.45, 7) is 0.811. The van der Waals surface area contributed by atoms with Crippen LogP contribution in [0.5, 0.6) is 0 Å². The fourth-order valence-corrected chi connectivity index (χ4v) is 1.88. The van der Waals surface area contributed by atoms with Gasteiger partial charge in [-0.3, -0.25) is 0 Å². The van der Waals surface area contributed by atoms with Crippen molar-refractivity contribution in [2.24, 2.45) is 0 Å². The molecular weight excluding hydrogens is 227 g/mol. The summed E-state index contributed by atoms with van der Waals surface area (Å²) in [5, 5.41) is 18.2. The number of hydrogen-bond donors (Lipinski definition) is 2. The van der Waals surface area contributed by atoms with Crippen LogP contribution in [-0.4, -0.2) is 47.6 Å². The fraction of sp³-hybridized carbons (Fsp3) is 0.545. The van der Waals surface area contributed by atoms with Crippen LogP contribution in [0.1, 0.15) is 5.56 Å². The summed E-state index contributed by atoms with van der Waals surface area (Å²) in [4.78, 5) is 5.66. The van der Waals surface area contributed by atoms with Gasteiger partial charge in [-0.2, -0.15) is 0 Å². The van der Waals surface area contributed by atoms with E-state index >= 15 is 0 Å². The van der Waals surface area contributed by atoms with Gasteiger partial charge < -0.3 is 19.8 Å². The molecule has 0 aliphatic carbocycles. The molecule has 94 valence electrons. The van der Waals surface area contributed by atoms with Gasteiger partial charge in [0.05, 0.1) is 32.5 Å².